The lowest BCUT2D eigenvalue weighted by Crippen LogP contribution is -2.08. The summed E-state index contributed by atoms with van der Waals surface area (Å²) in [6.45, 7) is 2.44. The molecule has 2 rings (SSSR count). The van der Waals surface area contributed by atoms with E-state index < -0.39 is 12.1 Å². The van der Waals surface area contributed by atoms with Gasteiger partial charge in [0.1, 0.15) is 11.9 Å². The Morgan fingerprint density at radius 2 is 1.95 bits per heavy atom. The Morgan fingerprint density at radius 1 is 1.24 bits per heavy atom. The lowest BCUT2D eigenvalue weighted by Gasteiger charge is -2.16. The highest BCUT2D eigenvalue weighted by Crippen LogP contribution is 2.32. The highest BCUT2D eigenvalue weighted by molar-refractivity contribution is 9.10. The summed E-state index contributed by atoms with van der Waals surface area (Å²) in [5, 5.41) is 19.7. The van der Waals surface area contributed by atoms with Gasteiger partial charge in [-0.05, 0) is 36.2 Å². The van der Waals surface area contributed by atoms with E-state index in [1.165, 1.54) is 6.07 Å². The zero-order chi connectivity index (χ0) is 15.4. The van der Waals surface area contributed by atoms with Crippen LogP contribution in [0.3, 0.4) is 0 Å². The smallest absolute Gasteiger partial charge is 0.336 e. The number of carboxylic acid groups (broad SMARTS) is 1. The lowest BCUT2D eigenvalue weighted by molar-refractivity contribution is 0.0691. The molecule has 1 atom stereocenters. The second-order valence-corrected chi connectivity index (χ2v) is 5.27. The maximum absolute atomic E-state index is 11.2. The largest absolute Gasteiger partial charge is 0.494 e. The van der Waals surface area contributed by atoms with Crippen molar-refractivity contribution in [3.8, 4) is 5.75 Å². The second-order valence-electron chi connectivity index (χ2n) is 4.41. The van der Waals surface area contributed by atoms with Gasteiger partial charge < -0.3 is 14.9 Å². The molecule has 110 valence electrons. The number of benzene rings is 2. The van der Waals surface area contributed by atoms with Crippen LogP contribution in [0.2, 0.25) is 0 Å². The van der Waals surface area contributed by atoms with E-state index in [2.05, 4.69) is 15.9 Å². The van der Waals surface area contributed by atoms with Crippen LogP contribution >= 0.6 is 15.9 Å². The van der Waals surface area contributed by atoms with E-state index in [-0.39, 0.29) is 5.56 Å². The zero-order valence-electron chi connectivity index (χ0n) is 11.4. The molecule has 4 nitrogen and oxygen atoms in total. The third-order valence-electron chi connectivity index (χ3n) is 3.06. The van der Waals surface area contributed by atoms with Crippen molar-refractivity contribution in [2.45, 2.75) is 13.0 Å². The fourth-order valence-electron chi connectivity index (χ4n) is 2.08. The summed E-state index contributed by atoms with van der Waals surface area (Å²) in [6, 6.07) is 11.6. The molecular formula is C16H15BrO4. The van der Waals surface area contributed by atoms with Gasteiger partial charge in [-0.1, -0.05) is 40.2 Å². The molecule has 0 aliphatic carbocycles. The van der Waals surface area contributed by atoms with Crippen LogP contribution in [0.25, 0.3) is 0 Å². The third kappa shape index (κ3) is 3.43. The maximum atomic E-state index is 11.2. The molecule has 0 aliphatic rings. The van der Waals surface area contributed by atoms with E-state index in [1.54, 1.807) is 36.4 Å². The molecule has 0 amide bonds. The molecule has 0 saturated heterocycles. The molecule has 1 unspecified atom stereocenters. The standard InChI is InChI=1S/C16H15BrO4/c1-2-21-10-7-8-13(14(17)9-10)15(18)11-5-3-4-6-12(11)16(19)20/h3-9,15,18H,2H2,1H3,(H,19,20). The van der Waals surface area contributed by atoms with Gasteiger partial charge in [0.05, 0.1) is 12.2 Å². The van der Waals surface area contributed by atoms with Crippen LogP contribution in [0.1, 0.15) is 34.5 Å². The monoisotopic (exact) mass is 350 g/mol. The van der Waals surface area contributed by atoms with Crippen LogP contribution in [0, 0.1) is 0 Å². The van der Waals surface area contributed by atoms with Crippen LogP contribution in [0.15, 0.2) is 46.9 Å². The fraction of sp³-hybridized carbons (Fsp3) is 0.188. The first-order valence-electron chi connectivity index (χ1n) is 6.47. The third-order valence-corrected chi connectivity index (χ3v) is 3.75. The number of aliphatic hydroxyl groups excluding tert-OH is 1. The van der Waals surface area contributed by atoms with Crippen LogP contribution in [0.5, 0.6) is 5.75 Å². The highest BCUT2D eigenvalue weighted by Gasteiger charge is 2.20. The first kappa shape index (κ1) is 15.5. The van der Waals surface area contributed by atoms with Gasteiger partial charge in [-0.3, -0.25) is 0 Å². The number of aliphatic hydroxyl groups is 1. The van der Waals surface area contributed by atoms with Gasteiger partial charge in [-0.25, -0.2) is 4.79 Å². The Hall–Kier alpha value is -1.85. The summed E-state index contributed by atoms with van der Waals surface area (Å²) < 4.78 is 6.05. The number of carbonyl (C=O) groups is 1. The average molecular weight is 351 g/mol. The number of hydrogen-bond acceptors (Lipinski definition) is 3. The Morgan fingerprint density at radius 3 is 2.57 bits per heavy atom. The molecule has 0 radical (unpaired) electrons. The minimum absolute atomic E-state index is 0.0887. The van der Waals surface area contributed by atoms with Crippen molar-refractivity contribution in [2.75, 3.05) is 6.61 Å². The van der Waals surface area contributed by atoms with Crippen molar-refractivity contribution >= 4 is 21.9 Å². The summed E-state index contributed by atoms with van der Waals surface area (Å²) in [4.78, 5) is 11.2. The van der Waals surface area contributed by atoms with Crippen molar-refractivity contribution in [2.24, 2.45) is 0 Å². The Bertz CT molecular complexity index is 654. The van der Waals surface area contributed by atoms with Crippen LogP contribution < -0.4 is 4.74 Å². The van der Waals surface area contributed by atoms with Crippen molar-refractivity contribution in [3.05, 3.63) is 63.6 Å². The molecule has 2 N–H and O–H groups in total. The van der Waals surface area contributed by atoms with E-state index in [0.717, 1.165) is 0 Å². The minimum Gasteiger partial charge on any atom is -0.494 e. The van der Waals surface area contributed by atoms with E-state index >= 15 is 0 Å². The predicted octanol–water partition coefficient (Wildman–Crippen LogP) is 3.63. The predicted molar refractivity (Wildman–Crippen MR) is 82.8 cm³/mol. The molecular weight excluding hydrogens is 336 g/mol. The second kappa shape index (κ2) is 6.74. The number of hydrogen-bond donors (Lipinski definition) is 2. The number of halogens is 1. The minimum atomic E-state index is -1.06. The van der Waals surface area contributed by atoms with Gasteiger partial charge in [0.25, 0.3) is 0 Å². The Balaban J connectivity index is 2.41. The molecule has 2 aromatic carbocycles. The molecule has 0 spiro atoms. The first-order valence-corrected chi connectivity index (χ1v) is 7.26. The van der Waals surface area contributed by atoms with E-state index in [1.807, 2.05) is 6.92 Å². The SMILES string of the molecule is CCOc1ccc(C(O)c2ccccc2C(=O)O)c(Br)c1. The normalized spacial score (nSPS) is 12.0. The summed E-state index contributed by atoms with van der Waals surface area (Å²) in [5.74, 6) is -0.376. The number of rotatable bonds is 5. The number of aromatic carboxylic acids is 1. The van der Waals surface area contributed by atoms with Crippen molar-refractivity contribution in [3.63, 3.8) is 0 Å². The Kier molecular flexibility index (Phi) is 4.98. The summed E-state index contributed by atoms with van der Waals surface area (Å²) in [5.41, 5.74) is 1.03. The van der Waals surface area contributed by atoms with Crippen LogP contribution in [0.4, 0.5) is 0 Å². The van der Waals surface area contributed by atoms with Crippen LogP contribution in [-0.2, 0) is 0 Å². The number of ether oxygens (including phenoxy) is 1. The van der Waals surface area contributed by atoms with Crippen LogP contribution in [-0.4, -0.2) is 22.8 Å². The molecule has 0 saturated carbocycles. The molecule has 0 aromatic heterocycles. The summed E-state index contributed by atoms with van der Waals surface area (Å²) >= 11 is 3.39. The van der Waals surface area contributed by atoms with Crippen molar-refractivity contribution in [1.82, 2.24) is 0 Å². The van der Waals surface area contributed by atoms with Gasteiger partial charge in [-0.2, -0.15) is 0 Å². The van der Waals surface area contributed by atoms with E-state index in [9.17, 15) is 15.0 Å². The van der Waals surface area contributed by atoms with Crippen molar-refractivity contribution in [1.29, 1.82) is 0 Å². The maximum Gasteiger partial charge on any atom is 0.336 e. The van der Waals surface area contributed by atoms with Gasteiger partial charge in [0.15, 0.2) is 0 Å². The topological polar surface area (TPSA) is 66.8 Å². The van der Waals surface area contributed by atoms with Gasteiger partial charge in [0.2, 0.25) is 0 Å². The highest BCUT2D eigenvalue weighted by atomic mass is 79.9. The van der Waals surface area contributed by atoms with E-state index in [4.69, 9.17) is 4.74 Å². The molecule has 0 heterocycles. The molecule has 0 aliphatic heterocycles. The van der Waals surface area contributed by atoms with Crippen molar-refractivity contribution < 1.29 is 19.7 Å². The van der Waals surface area contributed by atoms with Gasteiger partial charge in [0, 0.05) is 4.47 Å². The molecule has 21 heavy (non-hydrogen) atoms. The average Bonchev–Trinajstić information content (AvgIpc) is 2.47. The molecule has 0 fully saturated rings. The summed E-state index contributed by atoms with van der Waals surface area (Å²) in [7, 11) is 0. The lowest BCUT2D eigenvalue weighted by atomic mass is 9.97. The molecule has 5 heteroatoms. The quantitative estimate of drug-likeness (QED) is 0.863. The number of carboxylic acids is 1. The summed E-state index contributed by atoms with van der Waals surface area (Å²) in [6.07, 6.45) is -1.03. The molecule has 2 aromatic rings. The zero-order valence-corrected chi connectivity index (χ0v) is 13.0. The molecule has 0 bridgehead atoms. The van der Waals surface area contributed by atoms with Gasteiger partial charge >= 0.3 is 5.97 Å². The van der Waals surface area contributed by atoms with Gasteiger partial charge in [-0.15, -0.1) is 0 Å². The van der Waals surface area contributed by atoms with E-state index in [0.29, 0.717) is 28.0 Å². The first-order chi connectivity index (χ1) is 10.0. The Labute approximate surface area is 131 Å². The fourth-order valence-corrected chi connectivity index (χ4v) is 2.66.